The van der Waals surface area contributed by atoms with Crippen molar-refractivity contribution in [3.05, 3.63) is 35.4 Å². The van der Waals surface area contributed by atoms with Gasteiger partial charge in [0.2, 0.25) is 10.0 Å². The van der Waals surface area contributed by atoms with Crippen molar-refractivity contribution in [1.82, 2.24) is 9.21 Å². The van der Waals surface area contributed by atoms with Gasteiger partial charge in [-0.25, -0.2) is 8.42 Å². The summed E-state index contributed by atoms with van der Waals surface area (Å²) in [6.45, 7) is 6.48. The Morgan fingerprint density at radius 1 is 1.14 bits per heavy atom. The molecule has 2 rings (SSSR count). The van der Waals surface area contributed by atoms with E-state index in [4.69, 9.17) is 5.73 Å². The Kier molecular flexibility index (Phi) is 5.75. The summed E-state index contributed by atoms with van der Waals surface area (Å²) >= 11 is 0. The maximum Gasteiger partial charge on any atom is 0.218 e. The lowest BCUT2D eigenvalue weighted by atomic mass is 10.1. The molecular formula is C15H25N3O2S. The Morgan fingerprint density at radius 2 is 1.81 bits per heavy atom. The molecule has 6 heteroatoms. The molecule has 0 radical (unpaired) electrons. The first-order valence-corrected chi connectivity index (χ1v) is 9.14. The topological polar surface area (TPSA) is 66.6 Å². The molecule has 0 aromatic heterocycles. The summed E-state index contributed by atoms with van der Waals surface area (Å²) in [4.78, 5) is 2.32. The van der Waals surface area contributed by atoms with Crippen LogP contribution in [-0.2, 0) is 22.3 Å². The molecule has 1 aromatic rings. The van der Waals surface area contributed by atoms with E-state index in [9.17, 15) is 8.42 Å². The fraction of sp³-hybridized carbons (Fsp3) is 0.600. The van der Waals surface area contributed by atoms with Crippen molar-refractivity contribution in [1.29, 1.82) is 0 Å². The minimum absolute atomic E-state index is 0.0641. The summed E-state index contributed by atoms with van der Waals surface area (Å²) in [6, 6.07) is 7.51. The molecule has 118 valence electrons. The number of hydrogen-bond acceptors (Lipinski definition) is 4. The molecule has 1 fully saturated rings. The highest BCUT2D eigenvalue weighted by molar-refractivity contribution is 7.88. The highest BCUT2D eigenvalue weighted by Crippen LogP contribution is 2.15. The summed E-state index contributed by atoms with van der Waals surface area (Å²) in [5.74, 6) is 0.0641. The monoisotopic (exact) mass is 311 g/mol. The molecule has 0 bridgehead atoms. The van der Waals surface area contributed by atoms with Crippen LogP contribution < -0.4 is 5.73 Å². The number of hydrogen-bond donors (Lipinski definition) is 1. The highest BCUT2D eigenvalue weighted by Gasteiger charge is 2.26. The van der Waals surface area contributed by atoms with Gasteiger partial charge in [-0.05, 0) is 24.1 Å². The quantitative estimate of drug-likeness (QED) is 0.851. The van der Waals surface area contributed by atoms with Crippen LogP contribution >= 0.6 is 0 Å². The van der Waals surface area contributed by atoms with Crippen molar-refractivity contribution < 1.29 is 8.42 Å². The first-order valence-electron chi connectivity index (χ1n) is 7.53. The van der Waals surface area contributed by atoms with Crippen LogP contribution in [0, 0.1) is 0 Å². The predicted octanol–water partition coefficient (Wildman–Crippen LogP) is 1.00. The average Bonchev–Trinajstić information content (AvgIpc) is 2.48. The third-order valence-electron chi connectivity index (χ3n) is 3.84. The van der Waals surface area contributed by atoms with Gasteiger partial charge in [0.15, 0.2) is 0 Å². The highest BCUT2D eigenvalue weighted by atomic mass is 32.2. The van der Waals surface area contributed by atoms with Crippen molar-refractivity contribution in [3.8, 4) is 0 Å². The number of sulfonamides is 1. The van der Waals surface area contributed by atoms with Gasteiger partial charge in [0, 0.05) is 32.7 Å². The molecule has 5 nitrogen and oxygen atoms in total. The molecule has 0 amide bonds. The number of nitrogens with zero attached hydrogens (tertiary/aromatic N) is 2. The second kappa shape index (κ2) is 7.35. The van der Waals surface area contributed by atoms with E-state index in [2.05, 4.69) is 11.8 Å². The van der Waals surface area contributed by atoms with E-state index in [0.717, 1.165) is 37.2 Å². The Morgan fingerprint density at radius 3 is 2.43 bits per heavy atom. The molecule has 1 aliphatic rings. The zero-order valence-electron chi connectivity index (χ0n) is 12.7. The second-order valence-electron chi connectivity index (χ2n) is 5.52. The zero-order chi connectivity index (χ0) is 15.3. The van der Waals surface area contributed by atoms with E-state index in [0.29, 0.717) is 19.6 Å². The summed E-state index contributed by atoms with van der Waals surface area (Å²) < 4.78 is 26.6. The lowest BCUT2D eigenvalue weighted by molar-refractivity contribution is 0.188. The molecule has 1 saturated heterocycles. The third-order valence-corrected chi connectivity index (χ3v) is 5.69. The van der Waals surface area contributed by atoms with Crippen LogP contribution in [0.15, 0.2) is 24.3 Å². The van der Waals surface area contributed by atoms with Crippen molar-refractivity contribution >= 4 is 10.0 Å². The van der Waals surface area contributed by atoms with Gasteiger partial charge in [0.05, 0.1) is 5.75 Å². The van der Waals surface area contributed by atoms with E-state index >= 15 is 0 Å². The molecular weight excluding hydrogens is 286 g/mol. The van der Waals surface area contributed by atoms with Crippen LogP contribution in [0.1, 0.15) is 24.5 Å². The van der Waals surface area contributed by atoms with Gasteiger partial charge in [-0.15, -0.1) is 0 Å². The summed E-state index contributed by atoms with van der Waals surface area (Å²) in [6.07, 6.45) is 1.11. The van der Waals surface area contributed by atoms with Crippen molar-refractivity contribution in [2.75, 3.05) is 32.7 Å². The van der Waals surface area contributed by atoms with Gasteiger partial charge < -0.3 is 10.6 Å². The van der Waals surface area contributed by atoms with E-state index in [1.807, 2.05) is 24.3 Å². The van der Waals surface area contributed by atoms with Crippen LogP contribution in [0.2, 0.25) is 0 Å². The van der Waals surface area contributed by atoms with E-state index in [-0.39, 0.29) is 5.75 Å². The summed E-state index contributed by atoms with van der Waals surface area (Å²) in [7, 11) is -3.23. The number of benzene rings is 1. The molecule has 0 spiro atoms. The van der Waals surface area contributed by atoms with E-state index in [1.54, 1.807) is 4.31 Å². The van der Waals surface area contributed by atoms with Crippen LogP contribution in [0.5, 0.6) is 0 Å². The summed E-state index contributed by atoms with van der Waals surface area (Å²) in [5, 5.41) is 0. The predicted molar refractivity (Wildman–Crippen MR) is 85.3 cm³/mol. The molecule has 1 aliphatic heterocycles. The number of piperazine rings is 1. The minimum Gasteiger partial charge on any atom is -0.326 e. The Hall–Kier alpha value is -0.950. The van der Waals surface area contributed by atoms with Crippen LogP contribution in [-0.4, -0.2) is 50.3 Å². The Bertz CT molecular complexity index is 552. The number of rotatable bonds is 6. The van der Waals surface area contributed by atoms with Gasteiger partial charge in [0.25, 0.3) is 0 Å². The maximum absolute atomic E-state index is 12.5. The fourth-order valence-electron chi connectivity index (χ4n) is 2.70. The largest absolute Gasteiger partial charge is 0.326 e. The van der Waals surface area contributed by atoms with Crippen molar-refractivity contribution in [2.45, 2.75) is 25.6 Å². The van der Waals surface area contributed by atoms with Gasteiger partial charge in [-0.1, -0.05) is 31.2 Å². The zero-order valence-corrected chi connectivity index (χ0v) is 13.5. The third kappa shape index (κ3) is 4.51. The Balaban J connectivity index is 1.99. The second-order valence-corrected chi connectivity index (χ2v) is 7.49. The van der Waals surface area contributed by atoms with Crippen LogP contribution in [0.4, 0.5) is 0 Å². The van der Waals surface area contributed by atoms with Crippen LogP contribution in [0.25, 0.3) is 0 Å². The average molecular weight is 311 g/mol. The van der Waals surface area contributed by atoms with Crippen molar-refractivity contribution in [3.63, 3.8) is 0 Å². The fourth-order valence-corrected chi connectivity index (χ4v) is 4.20. The molecule has 0 aliphatic carbocycles. The van der Waals surface area contributed by atoms with Gasteiger partial charge in [-0.2, -0.15) is 4.31 Å². The molecule has 1 heterocycles. The minimum atomic E-state index is -3.23. The standard InChI is InChI=1S/C15H25N3O2S/c1-2-6-17-7-9-18(10-8-17)21(19,20)13-15-5-3-4-14(11-15)12-16/h3-5,11H,2,6-10,12-13,16H2,1H3. The van der Waals surface area contributed by atoms with Crippen LogP contribution in [0.3, 0.4) is 0 Å². The van der Waals surface area contributed by atoms with E-state index in [1.165, 1.54) is 0 Å². The van der Waals surface area contributed by atoms with Crippen molar-refractivity contribution in [2.24, 2.45) is 5.73 Å². The SMILES string of the molecule is CCCN1CCN(S(=O)(=O)Cc2cccc(CN)c2)CC1. The maximum atomic E-state index is 12.5. The van der Waals surface area contributed by atoms with Gasteiger partial charge in [-0.3, -0.25) is 0 Å². The molecule has 21 heavy (non-hydrogen) atoms. The number of nitrogens with two attached hydrogens (primary N) is 1. The first kappa shape index (κ1) is 16.4. The molecule has 0 unspecified atom stereocenters. The van der Waals surface area contributed by atoms with E-state index < -0.39 is 10.0 Å². The molecule has 2 N–H and O–H groups in total. The molecule has 0 atom stereocenters. The van der Waals surface area contributed by atoms with Gasteiger partial charge >= 0.3 is 0 Å². The normalized spacial score (nSPS) is 18.0. The van der Waals surface area contributed by atoms with Gasteiger partial charge in [0.1, 0.15) is 0 Å². The summed E-state index contributed by atoms with van der Waals surface area (Å²) in [5.41, 5.74) is 7.39. The lowest BCUT2D eigenvalue weighted by Gasteiger charge is -2.33. The molecule has 1 aromatic carbocycles. The smallest absolute Gasteiger partial charge is 0.218 e. The first-order chi connectivity index (χ1) is 10.0. The lowest BCUT2D eigenvalue weighted by Crippen LogP contribution is -2.48. The Labute approximate surface area is 127 Å². The molecule has 0 saturated carbocycles.